The molecule has 0 aliphatic carbocycles. The molecule has 6 atom stereocenters. The van der Waals surface area contributed by atoms with Crippen molar-refractivity contribution in [2.45, 2.75) is 38.9 Å². The van der Waals surface area contributed by atoms with Crippen molar-refractivity contribution in [3.05, 3.63) is 17.5 Å². The normalized spacial score (nSPS) is 40.1. The average molecular weight is 288 g/mol. The third kappa shape index (κ3) is 2.45. The molecule has 0 amide bonds. The fourth-order valence-electron chi connectivity index (χ4n) is 3.18. The second-order valence-electron chi connectivity index (χ2n) is 6.22. The van der Waals surface area contributed by atoms with Crippen molar-refractivity contribution in [3.63, 3.8) is 0 Å². The van der Waals surface area contributed by atoms with Crippen molar-refractivity contribution < 1.29 is 0 Å². The van der Waals surface area contributed by atoms with E-state index >= 15 is 0 Å². The summed E-state index contributed by atoms with van der Waals surface area (Å²) in [6.07, 6.45) is 0. The summed E-state index contributed by atoms with van der Waals surface area (Å²) in [5, 5.41) is 0. The zero-order valence-electron chi connectivity index (χ0n) is 13.2. The molecule has 6 heteroatoms. The highest BCUT2D eigenvalue weighted by Crippen LogP contribution is 2.38. The molecule has 6 nitrogen and oxygen atoms in total. The van der Waals surface area contributed by atoms with Crippen LogP contribution < -0.4 is 0 Å². The molecular formula is C15H24N6. The Morgan fingerprint density at radius 2 is 0.952 bits per heavy atom. The van der Waals surface area contributed by atoms with Crippen molar-refractivity contribution >= 4 is 0 Å². The Labute approximate surface area is 126 Å². The van der Waals surface area contributed by atoms with E-state index in [1.165, 1.54) is 0 Å². The van der Waals surface area contributed by atoms with Crippen LogP contribution in [0.4, 0.5) is 0 Å². The van der Waals surface area contributed by atoms with Gasteiger partial charge in [0.05, 0.1) is 18.1 Å². The van der Waals surface area contributed by atoms with Gasteiger partial charge >= 0.3 is 0 Å². The summed E-state index contributed by atoms with van der Waals surface area (Å²) in [4.78, 5) is 21.6. The zero-order chi connectivity index (χ0) is 14.6. The molecule has 3 aliphatic rings. The second kappa shape index (κ2) is 4.97. The van der Waals surface area contributed by atoms with Crippen LogP contribution in [0.15, 0.2) is 0 Å². The molecule has 3 fully saturated rings. The standard InChI is InChI=1S/C15H24N6/c1-4-19-7-10(19)13-16-14(11-8-20(11)5-2)18-15(17-13)12-9-21(12)6-3/h10-12H,4-9H2,1-3H3. The molecule has 0 spiro atoms. The molecule has 21 heavy (non-hydrogen) atoms. The van der Waals surface area contributed by atoms with Crippen molar-refractivity contribution in [3.8, 4) is 0 Å². The molecule has 6 unspecified atom stereocenters. The van der Waals surface area contributed by atoms with Gasteiger partial charge in [-0.1, -0.05) is 20.8 Å². The first kappa shape index (κ1) is 13.5. The van der Waals surface area contributed by atoms with Crippen molar-refractivity contribution in [2.24, 2.45) is 0 Å². The van der Waals surface area contributed by atoms with E-state index in [1.807, 2.05) is 0 Å². The minimum absolute atomic E-state index is 0.429. The van der Waals surface area contributed by atoms with Crippen LogP contribution in [-0.2, 0) is 0 Å². The number of rotatable bonds is 6. The van der Waals surface area contributed by atoms with Gasteiger partial charge in [0.1, 0.15) is 0 Å². The van der Waals surface area contributed by atoms with E-state index in [1.54, 1.807) is 0 Å². The third-order valence-corrected chi connectivity index (χ3v) is 4.94. The summed E-state index contributed by atoms with van der Waals surface area (Å²) in [5.74, 6) is 3.01. The Balaban J connectivity index is 1.61. The highest BCUT2D eigenvalue weighted by molar-refractivity contribution is 5.17. The maximum atomic E-state index is 4.79. The Bertz CT molecular complexity index is 458. The first-order valence-corrected chi connectivity index (χ1v) is 8.23. The summed E-state index contributed by atoms with van der Waals surface area (Å²) >= 11 is 0. The van der Waals surface area contributed by atoms with Crippen molar-refractivity contribution in [1.82, 2.24) is 29.7 Å². The van der Waals surface area contributed by atoms with E-state index in [0.29, 0.717) is 18.1 Å². The van der Waals surface area contributed by atoms with Crippen LogP contribution >= 0.6 is 0 Å². The number of aromatic nitrogens is 3. The van der Waals surface area contributed by atoms with Crippen LogP contribution in [0.5, 0.6) is 0 Å². The van der Waals surface area contributed by atoms with Crippen LogP contribution in [-0.4, -0.2) is 68.9 Å². The summed E-state index contributed by atoms with van der Waals surface area (Å²) in [6, 6.07) is 1.29. The van der Waals surface area contributed by atoms with Gasteiger partial charge in [0, 0.05) is 19.6 Å². The molecule has 4 rings (SSSR count). The maximum absolute atomic E-state index is 4.79. The summed E-state index contributed by atoms with van der Waals surface area (Å²) in [7, 11) is 0. The molecule has 0 N–H and O–H groups in total. The van der Waals surface area contributed by atoms with Crippen LogP contribution in [0.25, 0.3) is 0 Å². The summed E-state index contributed by atoms with van der Waals surface area (Å²) < 4.78 is 0. The first-order valence-electron chi connectivity index (χ1n) is 8.23. The summed E-state index contributed by atoms with van der Waals surface area (Å²) in [6.45, 7) is 13.1. The SMILES string of the molecule is CCN1CC1c1nc(C2CN2CC)nc(C2CN2CC)n1. The number of nitrogens with zero attached hydrogens (tertiary/aromatic N) is 6. The molecule has 1 aromatic rings. The Morgan fingerprint density at radius 1 is 0.667 bits per heavy atom. The van der Waals surface area contributed by atoms with Crippen molar-refractivity contribution in [2.75, 3.05) is 39.3 Å². The molecular weight excluding hydrogens is 264 g/mol. The highest BCUT2D eigenvalue weighted by Gasteiger charge is 2.43. The molecule has 0 bridgehead atoms. The smallest absolute Gasteiger partial charge is 0.151 e. The van der Waals surface area contributed by atoms with E-state index in [9.17, 15) is 0 Å². The second-order valence-corrected chi connectivity index (χ2v) is 6.22. The average Bonchev–Trinajstić information content (AvgIpc) is 3.40. The van der Waals surface area contributed by atoms with Crippen LogP contribution in [0, 0.1) is 0 Å². The van der Waals surface area contributed by atoms with Gasteiger partial charge in [0.15, 0.2) is 17.5 Å². The topological polar surface area (TPSA) is 47.7 Å². The lowest BCUT2D eigenvalue weighted by Crippen LogP contribution is -2.11. The van der Waals surface area contributed by atoms with E-state index in [-0.39, 0.29) is 0 Å². The Kier molecular flexibility index (Phi) is 3.20. The molecule has 0 saturated carbocycles. The fraction of sp³-hybridized carbons (Fsp3) is 0.800. The summed E-state index contributed by atoms with van der Waals surface area (Å²) in [5.41, 5.74) is 0. The number of likely N-dealkylation sites (N-methyl/N-ethyl adjacent to an activating group) is 3. The lowest BCUT2D eigenvalue weighted by atomic mass is 10.3. The predicted molar refractivity (Wildman–Crippen MR) is 79.8 cm³/mol. The third-order valence-electron chi connectivity index (χ3n) is 4.94. The van der Waals surface area contributed by atoms with Gasteiger partial charge in [-0.2, -0.15) is 0 Å². The van der Waals surface area contributed by atoms with E-state index in [0.717, 1.165) is 56.7 Å². The molecule has 1 aromatic heterocycles. The predicted octanol–water partition coefficient (Wildman–Crippen LogP) is 1.00. The van der Waals surface area contributed by atoms with Gasteiger partial charge in [-0.05, 0) is 19.6 Å². The minimum atomic E-state index is 0.429. The van der Waals surface area contributed by atoms with E-state index in [2.05, 4.69) is 35.5 Å². The lowest BCUT2D eigenvalue weighted by molar-refractivity contribution is 0.500. The van der Waals surface area contributed by atoms with Crippen LogP contribution in [0.3, 0.4) is 0 Å². The molecule has 114 valence electrons. The fourth-order valence-corrected chi connectivity index (χ4v) is 3.18. The number of hydrogen-bond donors (Lipinski definition) is 0. The van der Waals surface area contributed by atoms with E-state index < -0.39 is 0 Å². The first-order chi connectivity index (χ1) is 10.2. The van der Waals surface area contributed by atoms with Gasteiger partial charge in [-0.15, -0.1) is 0 Å². The zero-order valence-corrected chi connectivity index (χ0v) is 13.2. The molecule has 0 aromatic carbocycles. The molecule has 4 heterocycles. The molecule has 0 radical (unpaired) electrons. The molecule has 3 saturated heterocycles. The highest BCUT2D eigenvalue weighted by atomic mass is 15.4. The Morgan fingerprint density at radius 3 is 1.14 bits per heavy atom. The van der Waals surface area contributed by atoms with Crippen LogP contribution in [0.1, 0.15) is 56.4 Å². The van der Waals surface area contributed by atoms with E-state index in [4.69, 9.17) is 15.0 Å². The van der Waals surface area contributed by atoms with Crippen molar-refractivity contribution in [1.29, 1.82) is 0 Å². The van der Waals surface area contributed by atoms with Gasteiger partial charge in [0.25, 0.3) is 0 Å². The quantitative estimate of drug-likeness (QED) is 0.728. The monoisotopic (exact) mass is 288 g/mol. The van der Waals surface area contributed by atoms with Gasteiger partial charge in [-0.3, -0.25) is 14.7 Å². The minimum Gasteiger partial charge on any atom is -0.291 e. The molecule has 3 aliphatic heterocycles. The maximum Gasteiger partial charge on any atom is 0.151 e. The van der Waals surface area contributed by atoms with Gasteiger partial charge < -0.3 is 0 Å². The largest absolute Gasteiger partial charge is 0.291 e. The Hall–Kier alpha value is -1.11. The lowest BCUT2D eigenvalue weighted by Gasteiger charge is -2.07. The van der Waals surface area contributed by atoms with Gasteiger partial charge in [0.2, 0.25) is 0 Å². The number of hydrogen-bond acceptors (Lipinski definition) is 6. The van der Waals surface area contributed by atoms with Crippen LogP contribution in [0.2, 0.25) is 0 Å². The van der Waals surface area contributed by atoms with Gasteiger partial charge in [-0.25, -0.2) is 15.0 Å².